The van der Waals surface area contributed by atoms with Crippen LogP contribution >= 0.6 is 11.3 Å². The number of hydrogen-bond acceptors (Lipinski definition) is 6. The summed E-state index contributed by atoms with van der Waals surface area (Å²) >= 11 is 1.42. The van der Waals surface area contributed by atoms with Crippen molar-refractivity contribution in [2.75, 3.05) is 18.1 Å². The van der Waals surface area contributed by atoms with Gasteiger partial charge in [-0.3, -0.25) is 19.0 Å². The van der Waals surface area contributed by atoms with E-state index < -0.39 is 0 Å². The third-order valence-electron chi connectivity index (χ3n) is 6.22. The lowest BCUT2D eigenvalue weighted by molar-refractivity contribution is -0.121. The van der Waals surface area contributed by atoms with E-state index in [1.165, 1.54) is 27.8 Å². The highest BCUT2D eigenvalue weighted by Crippen LogP contribution is 2.34. The maximum atomic E-state index is 13.4. The van der Waals surface area contributed by atoms with Crippen LogP contribution in [0.25, 0.3) is 21.3 Å². The second kappa shape index (κ2) is 9.46. The Kier molecular flexibility index (Phi) is 6.21. The van der Waals surface area contributed by atoms with Gasteiger partial charge in [0.2, 0.25) is 0 Å². The zero-order valence-electron chi connectivity index (χ0n) is 19.6. The molecule has 0 saturated heterocycles. The van der Waals surface area contributed by atoms with Gasteiger partial charge in [0.15, 0.2) is 12.4 Å². The number of thiophene rings is 1. The number of aromatic nitrogens is 2. The van der Waals surface area contributed by atoms with Crippen LogP contribution in [-0.4, -0.2) is 34.4 Å². The van der Waals surface area contributed by atoms with Crippen molar-refractivity contribution in [3.63, 3.8) is 0 Å². The Morgan fingerprint density at radius 3 is 2.66 bits per heavy atom. The van der Waals surface area contributed by atoms with E-state index in [4.69, 9.17) is 4.74 Å². The molecule has 0 spiro atoms. The number of anilines is 1. The Morgan fingerprint density at radius 1 is 1.11 bits per heavy atom. The van der Waals surface area contributed by atoms with Crippen LogP contribution in [0.5, 0.6) is 5.75 Å². The van der Waals surface area contributed by atoms with Crippen molar-refractivity contribution in [3.05, 3.63) is 75.7 Å². The molecule has 5 rings (SSSR count). The van der Waals surface area contributed by atoms with Crippen LogP contribution in [0.1, 0.15) is 36.2 Å². The van der Waals surface area contributed by atoms with Gasteiger partial charge in [0.1, 0.15) is 10.6 Å². The molecule has 178 valence electrons. The van der Waals surface area contributed by atoms with Gasteiger partial charge in [-0.15, -0.1) is 11.3 Å². The number of rotatable bonds is 7. The van der Waals surface area contributed by atoms with Crippen molar-refractivity contribution < 1.29 is 14.3 Å². The Morgan fingerprint density at radius 2 is 1.91 bits per heavy atom. The molecule has 0 atom stereocenters. The topological polar surface area (TPSA) is 81.5 Å². The summed E-state index contributed by atoms with van der Waals surface area (Å²) in [6.07, 6.45) is 3.16. The molecular formula is C27H25N3O4S. The first kappa shape index (κ1) is 23.0. The number of carbonyl (C=O) groups is 2. The van der Waals surface area contributed by atoms with Gasteiger partial charge in [-0.05, 0) is 42.2 Å². The summed E-state index contributed by atoms with van der Waals surface area (Å²) in [5.41, 5.74) is 3.76. The van der Waals surface area contributed by atoms with Crippen molar-refractivity contribution in [2.45, 2.75) is 33.2 Å². The summed E-state index contributed by atoms with van der Waals surface area (Å²) in [7, 11) is 0. The van der Waals surface area contributed by atoms with Gasteiger partial charge in [-0.2, -0.15) is 0 Å². The number of benzene rings is 2. The number of carbonyl (C=O) groups excluding carboxylic acids is 2. The molecular weight excluding hydrogens is 462 g/mol. The van der Waals surface area contributed by atoms with Gasteiger partial charge in [0.05, 0.1) is 23.9 Å². The van der Waals surface area contributed by atoms with Crippen LogP contribution in [0.3, 0.4) is 0 Å². The second-order valence-electron chi connectivity index (χ2n) is 8.50. The number of hydrogen-bond donors (Lipinski definition) is 0. The van der Waals surface area contributed by atoms with E-state index >= 15 is 0 Å². The monoisotopic (exact) mass is 487 g/mol. The van der Waals surface area contributed by atoms with E-state index in [2.05, 4.69) is 24.0 Å². The normalized spacial score (nSPS) is 13.1. The molecule has 0 saturated carbocycles. The molecule has 1 aliphatic rings. The quantitative estimate of drug-likeness (QED) is 0.353. The van der Waals surface area contributed by atoms with Crippen LogP contribution < -0.4 is 15.2 Å². The van der Waals surface area contributed by atoms with Crippen molar-refractivity contribution in [3.8, 4) is 16.9 Å². The first-order valence-electron chi connectivity index (χ1n) is 11.7. The maximum Gasteiger partial charge on any atom is 0.265 e. The minimum Gasteiger partial charge on any atom is -0.482 e. The molecule has 0 bridgehead atoms. The fourth-order valence-corrected chi connectivity index (χ4v) is 5.21. The molecule has 1 amide bonds. The van der Waals surface area contributed by atoms with E-state index in [1.807, 2.05) is 24.4 Å². The zero-order valence-corrected chi connectivity index (χ0v) is 20.4. The third-order valence-corrected chi connectivity index (χ3v) is 7.11. The Labute approximate surface area is 206 Å². The van der Waals surface area contributed by atoms with E-state index in [0.29, 0.717) is 33.8 Å². The number of ether oxygens (including phenoxy) is 1. The van der Waals surface area contributed by atoms with Crippen molar-refractivity contribution in [2.24, 2.45) is 0 Å². The van der Waals surface area contributed by atoms with E-state index in [9.17, 15) is 14.4 Å². The molecule has 0 radical (unpaired) electrons. The first-order chi connectivity index (χ1) is 17.0. The number of amides is 1. The van der Waals surface area contributed by atoms with Crippen LogP contribution in [-0.2, 0) is 17.8 Å². The van der Waals surface area contributed by atoms with Gasteiger partial charge < -0.3 is 9.64 Å². The van der Waals surface area contributed by atoms with Crippen LogP contribution in [0.4, 0.5) is 5.69 Å². The average Bonchev–Trinajstić information content (AvgIpc) is 3.32. The Hall–Kier alpha value is -3.78. The lowest BCUT2D eigenvalue weighted by Gasteiger charge is -2.29. The first-order valence-corrected chi connectivity index (χ1v) is 12.5. The number of ketones is 1. The minimum atomic E-state index is -0.247. The predicted molar refractivity (Wildman–Crippen MR) is 138 cm³/mol. The van der Waals surface area contributed by atoms with Crippen molar-refractivity contribution in [1.29, 1.82) is 0 Å². The number of Topliss-reactive ketones (excluding diaryl/α,β-unsaturated/α-hetero) is 1. The smallest absolute Gasteiger partial charge is 0.265 e. The molecule has 1 aliphatic heterocycles. The molecule has 2 aromatic heterocycles. The zero-order chi connectivity index (χ0) is 24.5. The lowest BCUT2D eigenvalue weighted by Crippen LogP contribution is -2.39. The Balaban J connectivity index is 1.47. The number of aryl methyl sites for hydroxylation is 1. The Bertz CT molecular complexity index is 1490. The molecule has 2 aromatic carbocycles. The molecule has 3 heterocycles. The van der Waals surface area contributed by atoms with Gasteiger partial charge >= 0.3 is 0 Å². The lowest BCUT2D eigenvalue weighted by atomic mass is 10.0. The van der Waals surface area contributed by atoms with Gasteiger partial charge in [-0.25, -0.2) is 4.98 Å². The summed E-state index contributed by atoms with van der Waals surface area (Å²) in [6, 6.07) is 13.2. The molecule has 0 aliphatic carbocycles. The molecule has 35 heavy (non-hydrogen) atoms. The summed E-state index contributed by atoms with van der Waals surface area (Å²) in [4.78, 5) is 45.6. The molecule has 8 heteroatoms. The average molecular weight is 488 g/mol. The molecule has 4 aromatic rings. The molecule has 7 nitrogen and oxygen atoms in total. The standard InChI is InChI=1S/C27H25N3O4S/c1-3-11-30-21-12-19(9-10-23(21)34-14-24(30)32)22(31)13-29-16-28-26-25(27(29)33)20(15-35-26)18-7-5-17(4-2)6-8-18/h5-10,12,15-16H,3-4,11,13-14H2,1-2H3. The highest BCUT2D eigenvalue weighted by Gasteiger charge is 2.26. The fraction of sp³-hybridized carbons (Fsp3) is 0.259. The van der Waals surface area contributed by atoms with Crippen LogP contribution in [0, 0.1) is 0 Å². The van der Waals surface area contributed by atoms with E-state index in [0.717, 1.165) is 24.0 Å². The van der Waals surface area contributed by atoms with Crippen molar-refractivity contribution in [1.82, 2.24) is 9.55 Å². The van der Waals surface area contributed by atoms with E-state index in [-0.39, 0.29) is 30.4 Å². The van der Waals surface area contributed by atoms with Gasteiger partial charge in [0, 0.05) is 23.1 Å². The highest BCUT2D eigenvalue weighted by atomic mass is 32.1. The van der Waals surface area contributed by atoms with Crippen LogP contribution in [0.2, 0.25) is 0 Å². The minimum absolute atomic E-state index is 0.00842. The predicted octanol–water partition coefficient (Wildman–Crippen LogP) is 4.71. The largest absolute Gasteiger partial charge is 0.482 e. The van der Waals surface area contributed by atoms with Crippen LogP contribution in [0.15, 0.2) is 59.0 Å². The molecule has 0 unspecified atom stereocenters. The second-order valence-corrected chi connectivity index (χ2v) is 9.36. The van der Waals surface area contributed by atoms with Gasteiger partial charge in [0.25, 0.3) is 11.5 Å². The summed E-state index contributed by atoms with van der Waals surface area (Å²) in [6.45, 7) is 4.49. The van der Waals surface area contributed by atoms with Gasteiger partial charge in [-0.1, -0.05) is 38.1 Å². The maximum absolute atomic E-state index is 13.4. The van der Waals surface area contributed by atoms with E-state index in [1.54, 1.807) is 23.1 Å². The summed E-state index contributed by atoms with van der Waals surface area (Å²) < 4.78 is 6.88. The third kappa shape index (κ3) is 4.25. The summed E-state index contributed by atoms with van der Waals surface area (Å²) in [5.74, 6) is 0.202. The molecule has 0 fully saturated rings. The SMILES string of the molecule is CCCN1C(=O)COc2ccc(C(=O)Cn3cnc4scc(-c5ccc(CC)cc5)c4c3=O)cc21. The molecule has 0 N–H and O–H groups in total. The fourth-order valence-electron chi connectivity index (χ4n) is 4.30. The number of nitrogens with zero attached hydrogens (tertiary/aromatic N) is 3. The highest BCUT2D eigenvalue weighted by molar-refractivity contribution is 7.17. The summed E-state index contributed by atoms with van der Waals surface area (Å²) in [5, 5.41) is 2.46. The van der Waals surface area contributed by atoms with Crippen molar-refractivity contribution >= 4 is 38.9 Å². The number of fused-ring (bicyclic) bond motifs is 2.